The Morgan fingerprint density at radius 2 is 1.84 bits per heavy atom. The van der Waals surface area contributed by atoms with E-state index in [4.69, 9.17) is 0 Å². The topological polar surface area (TPSA) is 25.2 Å². The van der Waals surface area contributed by atoms with Crippen molar-refractivity contribution >= 4 is 29.1 Å². The Hall–Kier alpha value is -1.48. The van der Waals surface area contributed by atoms with E-state index in [0.717, 1.165) is 48.1 Å². The number of anilines is 1. The summed E-state index contributed by atoms with van der Waals surface area (Å²) in [7, 11) is 4.14. The Balaban J connectivity index is 0.00000133. The van der Waals surface area contributed by atoms with Crippen LogP contribution in [0.1, 0.15) is 18.4 Å². The summed E-state index contributed by atoms with van der Waals surface area (Å²) in [5.74, 6) is 1.09. The molecular formula is C15H19ClN2O. The monoisotopic (exact) mass is 278 g/mol. The van der Waals surface area contributed by atoms with Gasteiger partial charge in [0, 0.05) is 31.6 Å². The van der Waals surface area contributed by atoms with E-state index in [1.165, 1.54) is 0 Å². The van der Waals surface area contributed by atoms with Gasteiger partial charge in [-0.25, -0.2) is 0 Å². The Bertz CT molecular complexity index is 663. The molecular weight excluding hydrogens is 260 g/mol. The van der Waals surface area contributed by atoms with Gasteiger partial charge in [0.2, 0.25) is 0 Å². The highest BCUT2D eigenvalue weighted by molar-refractivity contribution is 5.85. The molecule has 19 heavy (non-hydrogen) atoms. The highest BCUT2D eigenvalue weighted by atomic mass is 35.5. The fraction of sp³-hybridized carbons (Fsp3) is 0.400. The van der Waals surface area contributed by atoms with Crippen LogP contribution >= 0.6 is 12.4 Å². The first-order valence-corrected chi connectivity index (χ1v) is 6.52. The summed E-state index contributed by atoms with van der Waals surface area (Å²) in [5.41, 5.74) is 2.22. The summed E-state index contributed by atoms with van der Waals surface area (Å²) in [6.07, 6.45) is 3.16. The quantitative estimate of drug-likeness (QED) is 0.740. The van der Waals surface area contributed by atoms with Crippen LogP contribution in [0.15, 0.2) is 29.1 Å². The van der Waals surface area contributed by atoms with Gasteiger partial charge in [0.25, 0.3) is 0 Å². The van der Waals surface area contributed by atoms with Crippen LogP contribution in [0.4, 0.5) is 5.82 Å². The van der Waals surface area contributed by atoms with Gasteiger partial charge in [-0.1, -0.05) is 12.1 Å². The van der Waals surface area contributed by atoms with Crippen molar-refractivity contribution in [2.75, 3.05) is 18.5 Å². The molecule has 2 aromatic rings. The Labute approximate surface area is 119 Å². The summed E-state index contributed by atoms with van der Waals surface area (Å²) in [4.78, 5) is 14.8. The molecule has 0 unspecified atom stereocenters. The second-order valence-electron chi connectivity index (χ2n) is 5.09. The lowest BCUT2D eigenvalue weighted by atomic mass is 10.1. The molecule has 0 bridgehead atoms. The van der Waals surface area contributed by atoms with Crippen molar-refractivity contribution in [1.29, 1.82) is 0 Å². The number of nitrogens with zero attached hydrogens (tertiary/aromatic N) is 2. The van der Waals surface area contributed by atoms with Crippen molar-refractivity contribution in [3.05, 3.63) is 40.1 Å². The van der Waals surface area contributed by atoms with E-state index < -0.39 is 0 Å². The SMILES string of the molecule is CN1CCCCc2c1n(C)c1ccccc1c2=O.Cl. The van der Waals surface area contributed by atoms with Crippen molar-refractivity contribution in [3.63, 3.8) is 0 Å². The van der Waals surface area contributed by atoms with E-state index in [2.05, 4.69) is 23.6 Å². The molecule has 0 spiro atoms. The molecule has 1 aromatic heterocycles. The average Bonchev–Trinajstić information content (AvgIpc) is 2.58. The molecule has 0 atom stereocenters. The first-order chi connectivity index (χ1) is 8.70. The van der Waals surface area contributed by atoms with E-state index in [1.54, 1.807) is 0 Å². The summed E-state index contributed by atoms with van der Waals surface area (Å²) >= 11 is 0. The second-order valence-corrected chi connectivity index (χ2v) is 5.09. The lowest BCUT2D eigenvalue weighted by Gasteiger charge is -2.23. The molecule has 0 N–H and O–H groups in total. The number of aryl methyl sites for hydroxylation is 1. The molecule has 0 amide bonds. The fourth-order valence-corrected chi connectivity index (χ4v) is 3.01. The lowest BCUT2D eigenvalue weighted by Crippen LogP contribution is -2.25. The zero-order valence-electron chi connectivity index (χ0n) is 11.3. The van der Waals surface area contributed by atoms with Gasteiger partial charge in [-0.15, -0.1) is 12.4 Å². The van der Waals surface area contributed by atoms with Gasteiger partial charge in [0.15, 0.2) is 5.43 Å². The first kappa shape index (κ1) is 13.9. The number of hydrogen-bond donors (Lipinski definition) is 0. The number of pyridine rings is 1. The molecule has 3 rings (SSSR count). The van der Waals surface area contributed by atoms with E-state index in [0.29, 0.717) is 0 Å². The van der Waals surface area contributed by atoms with Gasteiger partial charge in [-0.3, -0.25) is 4.79 Å². The minimum absolute atomic E-state index is 0. The second kappa shape index (κ2) is 5.25. The van der Waals surface area contributed by atoms with Crippen LogP contribution in [0, 0.1) is 0 Å². The number of fused-ring (bicyclic) bond motifs is 2. The molecule has 1 aromatic carbocycles. The molecule has 102 valence electrons. The van der Waals surface area contributed by atoms with E-state index in [1.807, 2.05) is 24.3 Å². The predicted molar refractivity (Wildman–Crippen MR) is 82.6 cm³/mol. The Morgan fingerprint density at radius 1 is 1.11 bits per heavy atom. The van der Waals surface area contributed by atoms with E-state index in [9.17, 15) is 4.79 Å². The lowest BCUT2D eigenvalue weighted by molar-refractivity contribution is 0.743. The summed E-state index contributed by atoms with van der Waals surface area (Å²) in [6, 6.07) is 7.89. The highest BCUT2D eigenvalue weighted by Gasteiger charge is 2.19. The molecule has 0 saturated carbocycles. The minimum atomic E-state index is 0. The maximum absolute atomic E-state index is 12.6. The van der Waals surface area contributed by atoms with Crippen LogP contribution in [0.25, 0.3) is 10.9 Å². The van der Waals surface area contributed by atoms with Crippen LogP contribution in [0.5, 0.6) is 0 Å². The summed E-state index contributed by atoms with van der Waals surface area (Å²) in [6.45, 7) is 1.03. The van der Waals surface area contributed by atoms with Crippen LogP contribution in [-0.4, -0.2) is 18.2 Å². The van der Waals surface area contributed by atoms with Crippen LogP contribution in [-0.2, 0) is 13.5 Å². The van der Waals surface area contributed by atoms with Crippen LogP contribution in [0.3, 0.4) is 0 Å². The molecule has 1 aliphatic rings. The highest BCUT2D eigenvalue weighted by Crippen LogP contribution is 2.26. The Kier molecular flexibility index (Phi) is 3.85. The van der Waals surface area contributed by atoms with Crippen molar-refractivity contribution in [1.82, 2.24) is 4.57 Å². The standard InChI is InChI=1S/C15H18N2O.ClH/c1-16-10-6-5-8-12-14(18)11-7-3-4-9-13(11)17(2)15(12)16;/h3-4,7,9H,5-6,8,10H2,1-2H3;1H. The number of halogens is 1. The molecule has 0 saturated heterocycles. The Morgan fingerprint density at radius 3 is 2.63 bits per heavy atom. The molecule has 2 heterocycles. The number of aromatic nitrogens is 1. The van der Waals surface area contributed by atoms with E-state index in [-0.39, 0.29) is 17.8 Å². The summed E-state index contributed by atoms with van der Waals surface area (Å²) in [5, 5.41) is 0.842. The number of hydrogen-bond acceptors (Lipinski definition) is 2. The van der Waals surface area contributed by atoms with Gasteiger partial charge in [-0.05, 0) is 31.4 Å². The minimum Gasteiger partial charge on any atom is -0.361 e. The van der Waals surface area contributed by atoms with Crippen LogP contribution < -0.4 is 10.3 Å². The van der Waals surface area contributed by atoms with Gasteiger partial charge < -0.3 is 9.47 Å². The molecule has 0 fully saturated rings. The molecule has 0 radical (unpaired) electrons. The van der Waals surface area contributed by atoms with Gasteiger partial charge in [-0.2, -0.15) is 0 Å². The van der Waals surface area contributed by atoms with Crippen molar-refractivity contribution < 1.29 is 0 Å². The maximum atomic E-state index is 12.6. The molecule has 3 nitrogen and oxygen atoms in total. The molecule has 4 heteroatoms. The zero-order valence-corrected chi connectivity index (χ0v) is 12.2. The van der Waals surface area contributed by atoms with Gasteiger partial charge >= 0.3 is 0 Å². The maximum Gasteiger partial charge on any atom is 0.194 e. The average molecular weight is 279 g/mol. The summed E-state index contributed by atoms with van der Waals surface area (Å²) < 4.78 is 2.16. The third-order valence-corrected chi connectivity index (χ3v) is 3.90. The smallest absolute Gasteiger partial charge is 0.194 e. The zero-order chi connectivity index (χ0) is 12.7. The fourth-order valence-electron chi connectivity index (χ4n) is 3.01. The molecule has 0 aliphatic carbocycles. The first-order valence-electron chi connectivity index (χ1n) is 6.52. The number of benzene rings is 1. The number of rotatable bonds is 0. The van der Waals surface area contributed by atoms with Crippen molar-refractivity contribution in [2.45, 2.75) is 19.3 Å². The third kappa shape index (κ3) is 2.12. The number of para-hydroxylation sites is 1. The largest absolute Gasteiger partial charge is 0.361 e. The van der Waals surface area contributed by atoms with Gasteiger partial charge in [0.1, 0.15) is 5.82 Å². The van der Waals surface area contributed by atoms with Crippen molar-refractivity contribution in [3.8, 4) is 0 Å². The third-order valence-electron chi connectivity index (χ3n) is 3.90. The predicted octanol–water partition coefficient (Wildman–Crippen LogP) is 2.73. The molecule has 1 aliphatic heterocycles. The van der Waals surface area contributed by atoms with E-state index >= 15 is 0 Å². The van der Waals surface area contributed by atoms with Crippen LogP contribution in [0.2, 0.25) is 0 Å². The van der Waals surface area contributed by atoms with Crippen molar-refractivity contribution in [2.24, 2.45) is 7.05 Å². The van der Waals surface area contributed by atoms with Gasteiger partial charge in [0.05, 0.1) is 5.52 Å². The normalized spacial score (nSPS) is 14.7.